The number of nitrogens with one attached hydrogen (secondary N) is 2. The summed E-state index contributed by atoms with van der Waals surface area (Å²) in [6, 6.07) is 2.95. The van der Waals surface area contributed by atoms with Crippen LogP contribution in [0.3, 0.4) is 0 Å². The molecular formula is C19H31FN4O3S. The maximum absolute atomic E-state index is 14.1. The average Bonchev–Trinajstić information content (AvgIpc) is 2.61. The number of hydrogen-bond acceptors (Lipinski definition) is 5. The lowest BCUT2D eigenvalue weighted by molar-refractivity contribution is 0.0933. The van der Waals surface area contributed by atoms with Crippen LogP contribution < -0.4 is 10.0 Å². The zero-order valence-electron chi connectivity index (χ0n) is 17.0. The molecule has 1 aliphatic rings. The Morgan fingerprint density at radius 2 is 1.82 bits per heavy atom. The molecule has 0 bridgehead atoms. The molecule has 158 valence electrons. The summed E-state index contributed by atoms with van der Waals surface area (Å²) >= 11 is 0. The van der Waals surface area contributed by atoms with E-state index in [1.165, 1.54) is 0 Å². The van der Waals surface area contributed by atoms with Gasteiger partial charge in [-0.1, -0.05) is 6.92 Å². The van der Waals surface area contributed by atoms with Crippen molar-refractivity contribution in [3.63, 3.8) is 0 Å². The minimum Gasteiger partial charge on any atom is -0.352 e. The van der Waals surface area contributed by atoms with E-state index in [2.05, 4.69) is 26.9 Å². The number of halogens is 1. The van der Waals surface area contributed by atoms with Gasteiger partial charge in [-0.05, 0) is 45.0 Å². The number of hydrogen-bond donors (Lipinski definition) is 2. The number of carbonyl (C=O) groups is 1. The SMILES string of the molecule is CC(CNC(=O)c1cc(S(=O)(=O)NC(C)C)ccc1F)CN1CCN(C)CC1. The van der Waals surface area contributed by atoms with E-state index in [0.717, 1.165) is 50.9 Å². The van der Waals surface area contributed by atoms with Crippen molar-refractivity contribution < 1.29 is 17.6 Å². The van der Waals surface area contributed by atoms with Crippen LogP contribution in [0.1, 0.15) is 31.1 Å². The lowest BCUT2D eigenvalue weighted by Crippen LogP contribution is -2.47. The van der Waals surface area contributed by atoms with E-state index in [0.29, 0.717) is 6.54 Å². The summed E-state index contributed by atoms with van der Waals surface area (Å²) < 4.78 is 41.1. The number of nitrogens with zero attached hydrogens (tertiary/aromatic N) is 2. The highest BCUT2D eigenvalue weighted by atomic mass is 32.2. The van der Waals surface area contributed by atoms with Crippen molar-refractivity contribution >= 4 is 15.9 Å². The maximum Gasteiger partial charge on any atom is 0.254 e. The van der Waals surface area contributed by atoms with Crippen molar-refractivity contribution in [1.82, 2.24) is 19.8 Å². The first-order valence-electron chi connectivity index (χ1n) is 9.59. The molecule has 28 heavy (non-hydrogen) atoms. The molecule has 7 nitrogen and oxygen atoms in total. The molecule has 1 unspecified atom stereocenters. The van der Waals surface area contributed by atoms with Gasteiger partial charge in [0.1, 0.15) is 5.82 Å². The van der Waals surface area contributed by atoms with Crippen LogP contribution in [-0.4, -0.2) is 76.5 Å². The van der Waals surface area contributed by atoms with Gasteiger partial charge in [-0.15, -0.1) is 0 Å². The molecule has 1 aromatic rings. The van der Waals surface area contributed by atoms with Gasteiger partial charge in [-0.25, -0.2) is 17.5 Å². The molecule has 1 aliphatic heterocycles. The van der Waals surface area contributed by atoms with Crippen molar-refractivity contribution in [3.05, 3.63) is 29.6 Å². The molecule has 1 saturated heterocycles. The Kier molecular flexibility index (Phi) is 7.94. The van der Waals surface area contributed by atoms with Crippen LogP contribution in [-0.2, 0) is 10.0 Å². The Labute approximate surface area is 167 Å². The molecule has 1 heterocycles. The third kappa shape index (κ3) is 6.51. The minimum absolute atomic E-state index is 0.127. The summed E-state index contributed by atoms with van der Waals surface area (Å²) in [5.74, 6) is -1.15. The first-order chi connectivity index (χ1) is 13.1. The van der Waals surface area contributed by atoms with Gasteiger partial charge in [-0.2, -0.15) is 0 Å². The van der Waals surface area contributed by atoms with Gasteiger partial charge in [-0.3, -0.25) is 4.79 Å². The van der Waals surface area contributed by atoms with Crippen LogP contribution in [0.15, 0.2) is 23.1 Å². The molecule has 1 atom stereocenters. The van der Waals surface area contributed by atoms with Crippen molar-refractivity contribution in [3.8, 4) is 0 Å². The van der Waals surface area contributed by atoms with E-state index in [1.54, 1.807) is 13.8 Å². The summed E-state index contributed by atoms with van der Waals surface area (Å²) in [5.41, 5.74) is -0.265. The normalized spacial score (nSPS) is 17.6. The minimum atomic E-state index is -3.79. The Bertz CT molecular complexity index is 777. The number of amides is 1. The third-order valence-corrected chi connectivity index (χ3v) is 6.32. The largest absolute Gasteiger partial charge is 0.352 e. The maximum atomic E-state index is 14.1. The second kappa shape index (κ2) is 9.78. The van der Waals surface area contributed by atoms with Gasteiger partial charge >= 0.3 is 0 Å². The average molecular weight is 415 g/mol. The predicted molar refractivity (Wildman–Crippen MR) is 107 cm³/mol. The lowest BCUT2D eigenvalue weighted by atomic mass is 10.1. The van der Waals surface area contributed by atoms with Crippen LogP contribution in [0.4, 0.5) is 4.39 Å². The van der Waals surface area contributed by atoms with E-state index < -0.39 is 21.7 Å². The molecule has 1 fully saturated rings. The molecule has 0 aromatic heterocycles. The topological polar surface area (TPSA) is 81.7 Å². The third-order valence-electron chi connectivity index (χ3n) is 4.66. The van der Waals surface area contributed by atoms with Crippen LogP contribution in [0, 0.1) is 11.7 Å². The molecule has 0 aliphatic carbocycles. The number of benzene rings is 1. The molecule has 0 radical (unpaired) electrons. The molecule has 2 rings (SSSR count). The van der Waals surface area contributed by atoms with Crippen molar-refractivity contribution in [1.29, 1.82) is 0 Å². The molecule has 2 N–H and O–H groups in total. The van der Waals surface area contributed by atoms with Crippen LogP contribution >= 0.6 is 0 Å². The Morgan fingerprint density at radius 3 is 2.43 bits per heavy atom. The molecular weight excluding hydrogens is 383 g/mol. The molecule has 1 amide bonds. The van der Waals surface area contributed by atoms with E-state index in [9.17, 15) is 17.6 Å². The number of piperazine rings is 1. The Hall–Kier alpha value is -1.55. The first kappa shape index (κ1) is 22.7. The monoisotopic (exact) mass is 414 g/mol. The lowest BCUT2D eigenvalue weighted by Gasteiger charge is -2.33. The van der Waals surface area contributed by atoms with E-state index in [4.69, 9.17) is 0 Å². The fourth-order valence-electron chi connectivity index (χ4n) is 3.12. The Balaban J connectivity index is 1.97. The van der Waals surface area contributed by atoms with Crippen LogP contribution in [0.2, 0.25) is 0 Å². The van der Waals surface area contributed by atoms with E-state index in [1.807, 2.05) is 6.92 Å². The highest BCUT2D eigenvalue weighted by Gasteiger charge is 2.21. The standard InChI is InChI=1S/C19H31FN4O3S/c1-14(2)22-28(26,27)16-5-6-18(20)17(11-16)19(25)21-12-15(3)13-24-9-7-23(4)8-10-24/h5-6,11,14-15,22H,7-10,12-13H2,1-4H3,(H,21,25). The van der Waals surface area contributed by atoms with Crippen molar-refractivity contribution in [2.75, 3.05) is 46.3 Å². The molecule has 0 saturated carbocycles. The smallest absolute Gasteiger partial charge is 0.254 e. The van der Waals surface area contributed by atoms with Gasteiger partial charge in [0, 0.05) is 45.3 Å². The Morgan fingerprint density at radius 1 is 1.18 bits per heavy atom. The van der Waals surface area contributed by atoms with Gasteiger partial charge in [0.25, 0.3) is 5.91 Å². The zero-order chi connectivity index (χ0) is 20.9. The summed E-state index contributed by atoms with van der Waals surface area (Å²) in [4.78, 5) is 16.9. The second-order valence-electron chi connectivity index (χ2n) is 7.84. The quantitative estimate of drug-likeness (QED) is 0.666. The van der Waals surface area contributed by atoms with Crippen molar-refractivity contribution in [2.45, 2.75) is 31.7 Å². The van der Waals surface area contributed by atoms with Crippen LogP contribution in [0.5, 0.6) is 0 Å². The van der Waals surface area contributed by atoms with Gasteiger partial charge in [0.05, 0.1) is 10.5 Å². The summed E-state index contributed by atoms with van der Waals surface area (Å²) in [6.07, 6.45) is 0. The molecule has 1 aromatic carbocycles. The summed E-state index contributed by atoms with van der Waals surface area (Å²) in [5, 5.41) is 2.73. The van der Waals surface area contributed by atoms with Gasteiger partial charge in [0.2, 0.25) is 10.0 Å². The number of likely N-dealkylation sites (N-methyl/N-ethyl adjacent to an activating group) is 1. The molecule has 9 heteroatoms. The zero-order valence-corrected chi connectivity index (χ0v) is 17.9. The fourth-order valence-corrected chi connectivity index (χ4v) is 4.40. The molecule has 0 spiro atoms. The highest BCUT2D eigenvalue weighted by molar-refractivity contribution is 7.89. The summed E-state index contributed by atoms with van der Waals surface area (Å²) in [7, 11) is -1.70. The van der Waals surface area contributed by atoms with Gasteiger partial charge < -0.3 is 15.1 Å². The van der Waals surface area contributed by atoms with Gasteiger partial charge in [0.15, 0.2) is 0 Å². The highest BCUT2D eigenvalue weighted by Crippen LogP contribution is 2.16. The second-order valence-corrected chi connectivity index (χ2v) is 9.55. The van der Waals surface area contributed by atoms with E-state index >= 15 is 0 Å². The van der Waals surface area contributed by atoms with Crippen LogP contribution in [0.25, 0.3) is 0 Å². The predicted octanol–water partition coefficient (Wildman–Crippen LogP) is 1.13. The van der Waals surface area contributed by atoms with E-state index in [-0.39, 0.29) is 22.4 Å². The van der Waals surface area contributed by atoms with Crippen molar-refractivity contribution in [2.24, 2.45) is 5.92 Å². The number of rotatable bonds is 8. The summed E-state index contributed by atoms with van der Waals surface area (Å²) in [6.45, 7) is 10.7. The number of sulfonamides is 1. The fraction of sp³-hybridized carbons (Fsp3) is 0.632. The first-order valence-corrected chi connectivity index (χ1v) is 11.1. The number of carbonyl (C=O) groups excluding carboxylic acids is 1.